The number of methoxy groups -OCH3 is 1. The zero-order valence-electron chi connectivity index (χ0n) is 31.1. The number of amides is 1. The van der Waals surface area contributed by atoms with Gasteiger partial charge in [-0.3, -0.25) is 15.3 Å². The number of anilines is 1. The second-order valence-corrected chi connectivity index (χ2v) is 14.1. The molecule has 0 radical (unpaired) electrons. The summed E-state index contributed by atoms with van der Waals surface area (Å²) < 4.78 is 54.9. The fourth-order valence-electron chi connectivity index (χ4n) is 6.49. The fourth-order valence-corrected chi connectivity index (χ4v) is 6.49. The Kier molecular flexibility index (Phi) is 12.0. The Hall–Kier alpha value is -4.80. The van der Waals surface area contributed by atoms with Crippen LogP contribution in [0.4, 0.5) is 19.4 Å². The van der Waals surface area contributed by atoms with E-state index in [1.807, 2.05) is 0 Å². The third-order valence-electron chi connectivity index (χ3n) is 9.09. The number of likely N-dealkylation sites (N-methyl/N-ethyl adjacent to an activating group) is 1. The van der Waals surface area contributed by atoms with E-state index in [0.29, 0.717) is 24.1 Å². The van der Waals surface area contributed by atoms with Crippen molar-refractivity contribution in [3.05, 3.63) is 47.7 Å². The van der Waals surface area contributed by atoms with E-state index in [2.05, 4.69) is 52.0 Å². The van der Waals surface area contributed by atoms with Gasteiger partial charge in [-0.15, -0.1) is 6.42 Å². The van der Waals surface area contributed by atoms with Crippen molar-refractivity contribution < 1.29 is 32.5 Å². The van der Waals surface area contributed by atoms with Crippen molar-refractivity contribution >= 4 is 33.6 Å². The smallest absolute Gasteiger partial charge is 0.429 e. The molecule has 52 heavy (non-hydrogen) atoms. The number of hydrogen-bond acceptors (Lipinski definition) is 10. The molecule has 0 spiro atoms. The quantitative estimate of drug-likeness (QED) is 0.0595. The number of unbranched alkanes of at least 4 members (excludes halogenated alkanes) is 2. The highest BCUT2D eigenvalue weighted by molar-refractivity contribution is 6.03. The van der Waals surface area contributed by atoms with Crippen LogP contribution in [0.5, 0.6) is 11.8 Å². The number of ether oxygens (including phenoxy) is 4. The Bertz CT molecular complexity index is 1960. The van der Waals surface area contributed by atoms with E-state index in [1.54, 1.807) is 26.8 Å². The number of fused-ring (bicyclic) bond motifs is 2. The van der Waals surface area contributed by atoms with E-state index < -0.39 is 23.3 Å². The number of nitrogens with zero attached hydrogens (tertiary/aromatic N) is 5. The molecule has 1 aliphatic heterocycles. The lowest BCUT2D eigenvalue weighted by Crippen LogP contribution is -2.45. The number of benzene rings is 2. The first kappa shape index (κ1) is 38.4. The average molecular weight is 719 g/mol. The first-order chi connectivity index (χ1) is 24.8. The second-order valence-electron chi connectivity index (χ2n) is 14.1. The van der Waals surface area contributed by atoms with Gasteiger partial charge in [0.05, 0.1) is 16.5 Å². The number of aromatic nitrogens is 3. The molecular formula is C39H48F2N6O5. The molecule has 2 aromatic carbocycles. The summed E-state index contributed by atoms with van der Waals surface area (Å²) in [5.41, 5.74) is 1.90. The highest BCUT2D eigenvalue weighted by Gasteiger charge is 2.37. The van der Waals surface area contributed by atoms with Crippen molar-refractivity contribution in [1.29, 1.82) is 0 Å². The number of carbonyl (C=O) groups excluding carboxylic acids is 1. The van der Waals surface area contributed by atoms with E-state index in [-0.39, 0.29) is 63.9 Å². The lowest BCUT2D eigenvalue weighted by molar-refractivity contribution is 0.0293. The maximum Gasteiger partial charge on any atom is 0.429 e. The predicted molar refractivity (Wildman–Crippen MR) is 197 cm³/mol. The van der Waals surface area contributed by atoms with Crippen LogP contribution >= 0.6 is 0 Å². The molecule has 0 saturated carbocycles. The number of pyridine rings is 1. The number of rotatable bonds is 14. The minimum atomic E-state index is -0.831. The molecule has 1 fully saturated rings. The van der Waals surface area contributed by atoms with Crippen LogP contribution < -0.4 is 14.9 Å². The topological polar surface area (TPSA) is 111 Å². The number of nitrogens with one attached hydrogen (secondary N) is 1. The van der Waals surface area contributed by atoms with Crippen molar-refractivity contribution in [2.45, 2.75) is 84.8 Å². The molecule has 0 bridgehead atoms. The zero-order valence-corrected chi connectivity index (χ0v) is 31.1. The van der Waals surface area contributed by atoms with E-state index in [9.17, 15) is 4.79 Å². The minimum Gasteiger partial charge on any atom is -0.468 e. The summed E-state index contributed by atoms with van der Waals surface area (Å²) in [7, 11) is 1.48. The molecule has 4 aromatic rings. The Morgan fingerprint density at radius 3 is 2.63 bits per heavy atom. The summed E-state index contributed by atoms with van der Waals surface area (Å²) in [6.45, 7) is 13.9. The van der Waals surface area contributed by atoms with Gasteiger partial charge in [-0.05, 0) is 83.6 Å². The standard InChI is InChI=1S/C39H48F2N6O5/c1-9-12-13-19-47(37(48)52-38(4,5)6)45-35-29-22-42-33(28-21-26(51-24-49-8)20-25-15-16-30(40)27(10-2)31(25)28)32(41)34(29)43-36(44-35)50-23-39(7)17-14-18-46(39)11-3/h2,15-16,20-22H,9,11-14,17-19,23-24H2,1,3-8H3,(H,43,44,45)/t39-/m1/s1. The van der Waals surface area contributed by atoms with Gasteiger partial charge < -0.3 is 18.9 Å². The maximum absolute atomic E-state index is 17.1. The number of carbonyl (C=O) groups is 1. The lowest BCUT2D eigenvalue weighted by Gasteiger charge is -2.33. The monoisotopic (exact) mass is 718 g/mol. The van der Waals surface area contributed by atoms with Crippen molar-refractivity contribution in [3.8, 4) is 35.4 Å². The van der Waals surface area contributed by atoms with Crippen molar-refractivity contribution in [2.75, 3.05) is 45.6 Å². The van der Waals surface area contributed by atoms with Crippen molar-refractivity contribution in [1.82, 2.24) is 24.9 Å². The number of hydrazine groups is 1. The normalized spacial score (nSPS) is 16.2. The Morgan fingerprint density at radius 2 is 1.94 bits per heavy atom. The highest BCUT2D eigenvalue weighted by Crippen LogP contribution is 2.39. The van der Waals surface area contributed by atoms with Gasteiger partial charge in [-0.2, -0.15) is 9.97 Å². The van der Waals surface area contributed by atoms with Crippen LogP contribution in [-0.2, 0) is 9.47 Å². The molecule has 13 heteroatoms. The van der Waals surface area contributed by atoms with Gasteiger partial charge in [0.1, 0.15) is 35.0 Å². The van der Waals surface area contributed by atoms with E-state index in [4.69, 9.17) is 25.4 Å². The van der Waals surface area contributed by atoms with Gasteiger partial charge in [-0.1, -0.05) is 38.7 Å². The van der Waals surface area contributed by atoms with Crippen molar-refractivity contribution in [3.63, 3.8) is 0 Å². The molecule has 1 N–H and O–H groups in total. The van der Waals surface area contributed by atoms with Gasteiger partial charge in [0.15, 0.2) is 18.4 Å². The highest BCUT2D eigenvalue weighted by atomic mass is 19.1. The van der Waals surface area contributed by atoms with Gasteiger partial charge in [0, 0.05) is 30.8 Å². The molecule has 3 heterocycles. The van der Waals surface area contributed by atoms with Gasteiger partial charge in [0.25, 0.3) is 0 Å². The molecular weight excluding hydrogens is 670 g/mol. The summed E-state index contributed by atoms with van der Waals surface area (Å²) in [4.78, 5) is 29.5. The summed E-state index contributed by atoms with van der Waals surface area (Å²) in [6.07, 6.45) is 11.0. The zero-order chi connectivity index (χ0) is 37.6. The number of terminal acetylenes is 1. The van der Waals surface area contributed by atoms with E-state index in [1.165, 1.54) is 36.5 Å². The molecule has 1 saturated heterocycles. The predicted octanol–water partition coefficient (Wildman–Crippen LogP) is 8.09. The van der Waals surface area contributed by atoms with Crippen molar-refractivity contribution in [2.24, 2.45) is 0 Å². The molecule has 0 unspecified atom stereocenters. The number of halogens is 2. The summed E-state index contributed by atoms with van der Waals surface area (Å²) in [5, 5.41) is 2.29. The molecule has 1 aliphatic rings. The van der Waals surface area contributed by atoms with E-state index >= 15 is 8.78 Å². The van der Waals surface area contributed by atoms with Crippen LogP contribution in [0, 0.1) is 24.0 Å². The first-order valence-corrected chi connectivity index (χ1v) is 17.7. The lowest BCUT2D eigenvalue weighted by atomic mass is 9.95. The first-order valence-electron chi connectivity index (χ1n) is 17.7. The number of likely N-dealkylation sites (tertiary alicyclic amines) is 1. The van der Waals surface area contributed by atoms with Crippen LogP contribution in [0.15, 0.2) is 30.5 Å². The third kappa shape index (κ3) is 8.45. The molecule has 11 nitrogen and oxygen atoms in total. The molecule has 0 aliphatic carbocycles. The Morgan fingerprint density at radius 1 is 1.15 bits per heavy atom. The molecule has 1 amide bonds. The average Bonchev–Trinajstić information content (AvgIpc) is 3.49. The Labute approximate surface area is 304 Å². The molecule has 1 atom stereocenters. The second kappa shape index (κ2) is 16.3. The largest absolute Gasteiger partial charge is 0.468 e. The SMILES string of the molecule is C#Cc1c(F)ccc2cc(OCOC)cc(-c3ncc4c(NN(CCCCC)C(=O)OC(C)(C)C)nc(OC[C@@]5(C)CCCN5CC)nc4c3F)c12. The van der Waals surface area contributed by atoms with Crippen LogP contribution in [0.3, 0.4) is 0 Å². The fraction of sp³-hybridized carbons (Fsp3) is 0.487. The van der Waals surface area contributed by atoms with Gasteiger partial charge >= 0.3 is 12.1 Å². The summed E-state index contributed by atoms with van der Waals surface area (Å²) >= 11 is 0. The van der Waals surface area contributed by atoms with Crippen LogP contribution in [-0.4, -0.2) is 82.2 Å². The van der Waals surface area contributed by atoms with Gasteiger partial charge in [-0.25, -0.2) is 18.6 Å². The van der Waals surface area contributed by atoms with Crippen LogP contribution in [0.25, 0.3) is 32.9 Å². The minimum absolute atomic E-state index is 0.0495. The maximum atomic E-state index is 17.1. The summed E-state index contributed by atoms with van der Waals surface area (Å²) in [5.74, 6) is 1.37. The third-order valence-corrected chi connectivity index (χ3v) is 9.09. The van der Waals surface area contributed by atoms with Gasteiger partial charge in [0.2, 0.25) is 0 Å². The molecule has 5 rings (SSSR count). The van der Waals surface area contributed by atoms with E-state index in [0.717, 1.165) is 38.8 Å². The molecule has 278 valence electrons. The van der Waals surface area contributed by atoms with Crippen LogP contribution in [0.1, 0.15) is 79.2 Å². The van der Waals surface area contributed by atoms with Crippen LogP contribution in [0.2, 0.25) is 0 Å². The summed E-state index contributed by atoms with van der Waals surface area (Å²) in [6, 6.07) is 5.90. The Balaban J connectivity index is 1.69. The number of hydrogen-bond donors (Lipinski definition) is 1. The molecule has 2 aromatic heterocycles.